The molecule has 0 bridgehead atoms. The third kappa shape index (κ3) is 3.37. The van der Waals surface area contributed by atoms with Crippen LogP contribution in [0.3, 0.4) is 0 Å². The summed E-state index contributed by atoms with van der Waals surface area (Å²) in [5.41, 5.74) is -0.567. The number of aliphatic hydroxyl groups excluding tert-OH is 1. The van der Waals surface area contributed by atoms with Crippen LogP contribution in [0.5, 0.6) is 0 Å². The van der Waals surface area contributed by atoms with E-state index >= 15 is 0 Å². The van der Waals surface area contributed by atoms with Crippen molar-refractivity contribution in [3.8, 4) is 0 Å². The molecule has 0 fully saturated rings. The Morgan fingerprint density at radius 3 is 2.59 bits per heavy atom. The smallest absolute Gasteiger partial charge is 0.256 e. The molecule has 0 aliphatic heterocycles. The van der Waals surface area contributed by atoms with E-state index in [1.165, 1.54) is 18.3 Å². The molecule has 2 rings (SSSR count). The Kier molecular flexibility index (Phi) is 4.67. The maximum atomic E-state index is 13.5. The fourth-order valence-electron chi connectivity index (χ4n) is 1.97. The minimum atomic E-state index is -1.56. The Bertz CT molecular complexity index is 738. The van der Waals surface area contributed by atoms with Gasteiger partial charge in [0.2, 0.25) is 0 Å². The molecule has 3 N–H and O–H groups in total. The summed E-state index contributed by atoms with van der Waals surface area (Å²) >= 11 is 0. The van der Waals surface area contributed by atoms with Crippen molar-refractivity contribution < 1.29 is 18.7 Å². The first kappa shape index (κ1) is 15.8. The van der Waals surface area contributed by atoms with Gasteiger partial charge in [-0.2, -0.15) is 0 Å². The molecule has 0 spiro atoms. The van der Waals surface area contributed by atoms with E-state index in [0.29, 0.717) is 5.69 Å². The number of rotatable bonds is 4. The molecule has 0 saturated heterocycles. The third-order valence-electron chi connectivity index (χ3n) is 3.09. The van der Waals surface area contributed by atoms with Gasteiger partial charge in [0.05, 0.1) is 5.56 Å². The number of benzene rings is 1. The minimum Gasteiger partial charge on any atom is -0.386 e. The van der Waals surface area contributed by atoms with Crippen molar-refractivity contribution in [1.29, 1.82) is 0 Å². The van der Waals surface area contributed by atoms with Gasteiger partial charge in [-0.25, -0.2) is 8.78 Å². The fourth-order valence-corrected chi connectivity index (χ4v) is 1.97. The van der Waals surface area contributed by atoms with E-state index in [4.69, 9.17) is 0 Å². The van der Waals surface area contributed by atoms with Crippen molar-refractivity contribution in [2.75, 3.05) is 6.54 Å². The first-order chi connectivity index (χ1) is 10.4. The van der Waals surface area contributed by atoms with E-state index in [0.717, 1.165) is 12.1 Å². The fraction of sp³-hybridized carbons (Fsp3) is 0.200. The summed E-state index contributed by atoms with van der Waals surface area (Å²) < 4.78 is 27.0. The number of nitrogens with one attached hydrogen (secondary N) is 2. The van der Waals surface area contributed by atoms with Gasteiger partial charge in [0.25, 0.3) is 5.91 Å². The lowest BCUT2D eigenvalue weighted by atomic mass is 10.1. The van der Waals surface area contributed by atoms with E-state index in [2.05, 4.69) is 10.3 Å². The van der Waals surface area contributed by atoms with Crippen LogP contribution in [0.2, 0.25) is 0 Å². The highest BCUT2D eigenvalue weighted by molar-refractivity contribution is 5.93. The lowest BCUT2D eigenvalue weighted by Gasteiger charge is -2.13. The second-order valence-electron chi connectivity index (χ2n) is 4.76. The second-order valence-corrected chi connectivity index (χ2v) is 4.76. The number of H-pyrrole nitrogens is 1. The number of halogens is 2. The average molecular weight is 308 g/mol. The molecule has 5 nitrogen and oxygen atoms in total. The SMILES string of the molecule is Cc1cc(=O)c(C(=O)NCC(O)c2c(F)cccc2F)c[nH]1. The zero-order chi connectivity index (χ0) is 16.3. The van der Waals surface area contributed by atoms with Crippen LogP contribution < -0.4 is 10.7 Å². The van der Waals surface area contributed by atoms with Crippen LogP contribution in [0.4, 0.5) is 8.78 Å². The van der Waals surface area contributed by atoms with Crippen LogP contribution in [0.15, 0.2) is 35.3 Å². The molecule has 0 aliphatic carbocycles. The van der Waals surface area contributed by atoms with Gasteiger partial charge < -0.3 is 15.4 Å². The predicted molar refractivity (Wildman–Crippen MR) is 75.5 cm³/mol. The summed E-state index contributed by atoms with van der Waals surface area (Å²) in [4.78, 5) is 26.2. The van der Waals surface area contributed by atoms with Crippen LogP contribution >= 0.6 is 0 Å². The van der Waals surface area contributed by atoms with Crippen molar-refractivity contribution in [3.05, 3.63) is 69.1 Å². The maximum absolute atomic E-state index is 13.5. The zero-order valence-corrected chi connectivity index (χ0v) is 11.7. The summed E-state index contributed by atoms with van der Waals surface area (Å²) in [5, 5.41) is 12.1. The number of hydrogen-bond acceptors (Lipinski definition) is 3. The Morgan fingerprint density at radius 1 is 1.36 bits per heavy atom. The molecule has 1 heterocycles. The molecule has 1 amide bonds. The van der Waals surface area contributed by atoms with Crippen LogP contribution in [0.1, 0.15) is 27.7 Å². The lowest BCUT2D eigenvalue weighted by Crippen LogP contribution is -2.32. The topological polar surface area (TPSA) is 82.2 Å². The van der Waals surface area contributed by atoms with Gasteiger partial charge in [0.1, 0.15) is 23.3 Å². The molecule has 2 aromatic rings. The van der Waals surface area contributed by atoms with E-state index in [1.807, 2.05) is 0 Å². The van der Waals surface area contributed by atoms with E-state index in [9.17, 15) is 23.5 Å². The monoisotopic (exact) mass is 308 g/mol. The number of aromatic nitrogens is 1. The largest absolute Gasteiger partial charge is 0.386 e. The number of pyridine rings is 1. The number of hydrogen-bond donors (Lipinski definition) is 3. The van der Waals surface area contributed by atoms with Gasteiger partial charge in [-0.15, -0.1) is 0 Å². The number of aliphatic hydroxyl groups is 1. The van der Waals surface area contributed by atoms with E-state index < -0.39 is 41.2 Å². The van der Waals surface area contributed by atoms with E-state index in [1.54, 1.807) is 6.92 Å². The van der Waals surface area contributed by atoms with Gasteiger partial charge in [0.15, 0.2) is 5.43 Å². The molecular weight excluding hydrogens is 294 g/mol. The first-order valence-corrected chi connectivity index (χ1v) is 6.49. The van der Waals surface area contributed by atoms with Gasteiger partial charge in [0, 0.05) is 24.5 Å². The molecule has 0 radical (unpaired) electrons. The predicted octanol–water partition coefficient (Wildman–Crippen LogP) is 1.42. The molecule has 7 heteroatoms. The van der Waals surface area contributed by atoms with Crippen molar-refractivity contribution >= 4 is 5.91 Å². The highest BCUT2D eigenvalue weighted by Gasteiger charge is 2.19. The molecule has 1 aromatic carbocycles. The Labute approximate surface area is 124 Å². The molecule has 0 aliphatic rings. The Balaban J connectivity index is 2.09. The normalized spacial score (nSPS) is 12.0. The summed E-state index contributed by atoms with van der Waals surface area (Å²) in [7, 11) is 0. The highest BCUT2D eigenvalue weighted by atomic mass is 19.1. The number of carbonyl (C=O) groups excluding carboxylic acids is 1. The van der Waals surface area contributed by atoms with Crippen molar-refractivity contribution in [3.63, 3.8) is 0 Å². The number of amides is 1. The molecule has 22 heavy (non-hydrogen) atoms. The van der Waals surface area contributed by atoms with Crippen molar-refractivity contribution in [2.24, 2.45) is 0 Å². The Hall–Kier alpha value is -2.54. The summed E-state index contributed by atoms with van der Waals surface area (Å²) in [6.07, 6.45) is -0.321. The second kappa shape index (κ2) is 6.48. The van der Waals surface area contributed by atoms with E-state index in [-0.39, 0.29) is 5.56 Å². The van der Waals surface area contributed by atoms with Crippen molar-refractivity contribution in [1.82, 2.24) is 10.3 Å². The Morgan fingerprint density at radius 2 is 2.00 bits per heavy atom. The van der Waals surface area contributed by atoms with Crippen LogP contribution in [0.25, 0.3) is 0 Å². The first-order valence-electron chi connectivity index (χ1n) is 6.49. The number of aromatic amines is 1. The third-order valence-corrected chi connectivity index (χ3v) is 3.09. The number of carbonyl (C=O) groups is 1. The molecule has 1 unspecified atom stereocenters. The van der Waals surface area contributed by atoms with Gasteiger partial charge in [-0.05, 0) is 19.1 Å². The van der Waals surface area contributed by atoms with Crippen molar-refractivity contribution in [2.45, 2.75) is 13.0 Å². The minimum absolute atomic E-state index is 0.146. The summed E-state index contributed by atoms with van der Waals surface area (Å²) in [6, 6.07) is 4.44. The molecule has 116 valence electrons. The van der Waals surface area contributed by atoms with Gasteiger partial charge in [-0.3, -0.25) is 9.59 Å². The molecular formula is C15H14F2N2O3. The summed E-state index contributed by atoms with van der Waals surface area (Å²) in [5.74, 6) is -2.55. The average Bonchev–Trinajstić information content (AvgIpc) is 2.44. The lowest BCUT2D eigenvalue weighted by molar-refractivity contribution is 0.0910. The van der Waals surface area contributed by atoms with Crippen LogP contribution in [-0.4, -0.2) is 22.5 Å². The molecule has 1 aromatic heterocycles. The molecule has 0 saturated carbocycles. The van der Waals surface area contributed by atoms with Gasteiger partial charge in [-0.1, -0.05) is 6.07 Å². The quantitative estimate of drug-likeness (QED) is 0.799. The number of aryl methyl sites for hydroxylation is 1. The summed E-state index contributed by atoms with van der Waals surface area (Å²) in [6.45, 7) is 1.23. The van der Waals surface area contributed by atoms with Gasteiger partial charge >= 0.3 is 0 Å². The maximum Gasteiger partial charge on any atom is 0.256 e. The standard InChI is InChI=1S/C15H14F2N2O3/c1-8-5-12(20)9(6-18-8)15(22)19-7-13(21)14-10(16)3-2-4-11(14)17/h2-6,13,21H,7H2,1H3,(H,18,20)(H,19,22). The molecule has 1 atom stereocenters. The van der Waals surface area contributed by atoms with Crippen LogP contribution in [-0.2, 0) is 0 Å². The zero-order valence-electron chi connectivity index (χ0n) is 11.7. The highest BCUT2D eigenvalue weighted by Crippen LogP contribution is 2.19. The van der Waals surface area contributed by atoms with Crippen LogP contribution in [0, 0.1) is 18.6 Å².